The van der Waals surface area contributed by atoms with E-state index in [4.69, 9.17) is 9.88 Å². The first-order valence-corrected chi connectivity index (χ1v) is 7.53. The van der Waals surface area contributed by atoms with Crippen LogP contribution in [0.25, 0.3) is 0 Å². The molecule has 0 spiro atoms. The standard InChI is InChI=1S/C12H20N2O3S/c1-2-9-17-10-3-8-14-11-4-6-12(7-5-11)18(13,15)16/h4-7,14H,2-3,8-10H2,1H3,(H2,13,15,16). The van der Waals surface area contributed by atoms with Crippen LogP contribution in [0, 0.1) is 0 Å². The van der Waals surface area contributed by atoms with Crippen LogP contribution in [-0.4, -0.2) is 28.2 Å². The molecule has 5 nitrogen and oxygen atoms in total. The molecule has 0 aromatic heterocycles. The Labute approximate surface area is 108 Å². The van der Waals surface area contributed by atoms with Gasteiger partial charge < -0.3 is 10.1 Å². The maximum absolute atomic E-state index is 11.0. The molecule has 0 heterocycles. The van der Waals surface area contributed by atoms with E-state index in [1.165, 1.54) is 12.1 Å². The third-order valence-corrected chi connectivity index (χ3v) is 3.26. The minimum Gasteiger partial charge on any atom is -0.385 e. The summed E-state index contributed by atoms with van der Waals surface area (Å²) in [6, 6.07) is 6.38. The van der Waals surface area contributed by atoms with Crippen molar-refractivity contribution in [1.82, 2.24) is 0 Å². The molecule has 0 radical (unpaired) electrons. The van der Waals surface area contributed by atoms with Gasteiger partial charge in [-0.15, -0.1) is 0 Å². The Balaban J connectivity index is 2.32. The van der Waals surface area contributed by atoms with Gasteiger partial charge in [0.25, 0.3) is 0 Å². The van der Waals surface area contributed by atoms with Crippen LogP contribution in [0.5, 0.6) is 0 Å². The van der Waals surface area contributed by atoms with E-state index in [1.54, 1.807) is 12.1 Å². The summed E-state index contributed by atoms with van der Waals surface area (Å²) in [5, 5.41) is 8.19. The average Bonchev–Trinajstić information content (AvgIpc) is 2.33. The Kier molecular flexibility index (Phi) is 6.11. The summed E-state index contributed by atoms with van der Waals surface area (Å²) in [7, 11) is -3.60. The van der Waals surface area contributed by atoms with E-state index in [0.717, 1.165) is 38.3 Å². The summed E-state index contributed by atoms with van der Waals surface area (Å²) in [5.41, 5.74) is 0.873. The Morgan fingerprint density at radius 1 is 1.22 bits per heavy atom. The number of primary sulfonamides is 1. The first-order chi connectivity index (χ1) is 8.54. The van der Waals surface area contributed by atoms with E-state index in [9.17, 15) is 8.42 Å². The molecule has 0 aliphatic rings. The van der Waals surface area contributed by atoms with Crippen LogP contribution in [0.15, 0.2) is 29.2 Å². The van der Waals surface area contributed by atoms with Crippen LogP contribution < -0.4 is 10.5 Å². The molecule has 0 aliphatic heterocycles. The molecular formula is C12H20N2O3S. The first-order valence-electron chi connectivity index (χ1n) is 5.98. The van der Waals surface area contributed by atoms with Gasteiger partial charge in [-0.3, -0.25) is 0 Å². The number of nitrogens with one attached hydrogen (secondary N) is 1. The fourth-order valence-corrected chi connectivity index (χ4v) is 1.93. The van der Waals surface area contributed by atoms with Crippen LogP contribution >= 0.6 is 0 Å². The molecule has 0 aliphatic carbocycles. The molecule has 102 valence electrons. The molecule has 1 aromatic carbocycles. The fourth-order valence-electron chi connectivity index (χ4n) is 1.42. The number of ether oxygens (including phenoxy) is 1. The van der Waals surface area contributed by atoms with Gasteiger partial charge in [-0.25, -0.2) is 13.6 Å². The molecular weight excluding hydrogens is 252 g/mol. The zero-order valence-corrected chi connectivity index (χ0v) is 11.4. The Hall–Kier alpha value is -1.11. The van der Waals surface area contributed by atoms with Crippen molar-refractivity contribution in [1.29, 1.82) is 0 Å². The molecule has 0 amide bonds. The maximum Gasteiger partial charge on any atom is 0.238 e. The topological polar surface area (TPSA) is 81.4 Å². The smallest absolute Gasteiger partial charge is 0.238 e. The number of hydrogen-bond acceptors (Lipinski definition) is 4. The summed E-state index contributed by atoms with van der Waals surface area (Å²) in [5.74, 6) is 0. The lowest BCUT2D eigenvalue weighted by molar-refractivity contribution is 0.134. The van der Waals surface area contributed by atoms with Crippen molar-refractivity contribution < 1.29 is 13.2 Å². The van der Waals surface area contributed by atoms with Crippen LogP contribution in [0.1, 0.15) is 19.8 Å². The summed E-state index contributed by atoms with van der Waals surface area (Å²) >= 11 is 0. The maximum atomic E-state index is 11.0. The molecule has 0 fully saturated rings. The van der Waals surface area contributed by atoms with Crippen molar-refractivity contribution in [3.8, 4) is 0 Å². The summed E-state index contributed by atoms with van der Waals surface area (Å²) in [6.45, 7) is 4.39. The van der Waals surface area contributed by atoms with Crippen LogP contribution in [0.2, 0.25) is 0 Å². The van der Waals surface area contributed by atoms with Gasteiger partial charge in [0, 0.05) is 25.4 Å². The lowest BCUT2D eigenvalue weighted by Gasteiger charge is -2.07. The number of nitrogens with two attached hydrogens (primary N) is 1. The molecule has 0 bridgehead atoms. The highest BCUT2D eigenvalue weighted by molar-refractivity contribution is 7.89. The van der Waals surface area contributed by atoms with Crippen molar-refractivity contribution in [3.05, 3.63) is 24.3 Å². The van der Waals surface area contributed by atoms with Gasteiger partial charge in [0.15, 0.2) is 0 Å². The third kappa shape index (κ3) is 5.48. The molecule has 0 saturated carbocycles. The normalized spacial score (nSPS) is 11.4. The minimum absolute atomic E-state index is 0.124. The quantitative estimate of drug-likeness (QED) is 0.704. The van der Waals surface area contributed by atoms with Crippen molar-refractivity contribution >= 4 is 15.7 Å². The van der Waals surface area contributed by atoms with E-state index in [-0.39, 0.29) is 4.90 Å². The molecule has 0 saturated heterocycles. The molecule has 0 unspecified atom stereocenters. The van der Waals surface area contributed by atoms with E-state index < -0.39 is 10.0 Å². The average molecular weight is 272 g/mol. The molecule has 6 heteroatoms. The lowest BCUT2D eigenvalue weighted by atomic mass is 10.3. The second kappa shape index (κ2) is 7.35. The van der Waals surface area contributed by atoms with Gasteiger partial charge in [-0.05, 0) is 37.1 Å². The number of hydrogen-bond donors (Lipinski definition) is 2. The van der Waals surface area contributed by atoms with Crippen molar-refractivity contribution in [2.45, 2.75) is 24.7 Å². The van der Waals surface area contributed by atoms with E-state index in [2.05, 4.69) is 12.2 Å². The Morgan fingerprint density at radius 2 is 1.89 bits per heavy atom. The van der Waals surface area contributed by atoms with Crippen LogP contribution in [0.4, 0.5) is 5.69 Å². The summed E-state index contributed by atoms with van der Waals surface area (Å²) in [6.07, 6.45) is 1.94. The molecule has 3 N–H and O–H groups in total. The second-order valence-electron chi connectivity index (χ2n) is 3.96. The van der Waals surface area contributed by atoms with Crippen molar-refractivity contribution in [2.75, 3.05) is 25.1 Å². The molecule has 1 rings (SSSR count). The lowest BCUT2D eigenvalue weighted by Crippen LogP contribution is -2.12. The molecule has 18 heavy (non-hydrogen) atoms. The van der Waals surface area contributed by atoms with Gasteiger partial charge in [0.2, 0.25) is 10.0 Å². The van der Waals surface area contributed by atoms with Crippen LogP contribution in [-0.2, 0) is 14.8 Å². The monoisotopic (exact) mass is 272 g/mol. The second-order valence-corrected chi connectivity index (χ2v) is 5.52. The van der Waals surface area contributed by atoms with E-state index >= 15 is 0 Å². The van der Waals surface area contributed by atoms with Crippen molar-refractivity contribution in [3.63, 3.8) is 0 Å². The first kappa shape index (κ1) is 14.9. The van der Waals surface area contributed by atoms with Gasteiger partial charge >= 0.3 is 0 Å². The zero-order valence-electron chi connectivity index (χ0n) is 10.6. The van der Waals surface area contributed by atoms with Gasteiger partial charge in [-0.1, -0.05) is 6.92 Å². The summed E-state index contributed by atoms with van der Waals surface area (Å²) in [4.78, 5) is 0.124. The largest absolute Gasteiger partial charge is 0.385 e. The molecule has 1 aromatic rings. The number of sulfonamides is 1. The highest BCUT2D eigenvalue weighted by Crippen LogP contribution is 2.12. The van der Waals surface area contributed by atoms with E-state index in [0.29, 0.717) is 0 Å². The fraction of sp³-hybridized carbons (Fsp3) is 0.500. The van der Waals surface area contributed by atoms with Gasteiger partial charge in [0.05, 0.1) is 4.90 Å². The highest BCUT2D eigenvalue weighted by Gasteiger charge is 2.06. The Morgan fingerprint density at radius 3 is 2.44 bits per heavy atom. The predicted octanol–water partition coefficient (Wildman–Crippen LogP) is 1.56. The zero-order chi connectivity index (χ0) is 13.4. The Bertz CT molecular complexity index is 443. The summed E-state index contributed by atoms with van der Waals surface area (Å²) < 4.78 is 27.4. The number of benzene rings is 1. The SMILES string of the molecule is CCCOCCCNc1ccc(S(N)(=O)=O)cc1. The number of anilines is 1. The van der Waals surface area contributed by atoms with Gasteiger partial charge in [-0.2, -0.15) is 0 Å². The van der Waals surface area contributed by atoms with Crippen molar-refractivity contribution in [2.24, 2.45) is 5.14 Å². The third-order valence-electron chi connectivity index (χ3n) is 2.33. The predicted molar refractivity (Wildman–Crippen MR) is 72.0 cm³/mol. The van der Waals surface area contributed by atoms with E-state index in [1.807, 2.05) is 0 Å². The minimum atomic E-state index is -3.60. The van der Waals surface area contributed by atoms with Gasteiger partial charge in [0.1, 0.15) is 0 Å². The highest BCUT2D eigenvalue weighted by atomic mass is 32.2. The van der Waals surface area contributed by atoms with Crippen LogP contribution in [0.3, 0.4) is 0 Å². The number of rotatable bonds is 8. The molecule has 0 atom stereocenters.